The number of nitrogens with one attached hydrogen (secondary N) is 1. The van der Waals surface area contributed by atoms with E-state index in [1.54, 1.807) is 6.92 Å². The van der Waals surface area contributed by atoms with Crippen LogP contribution in [0.3, 0.4) is 0 Å². The fraction of sp³-hybridized carbons (Fsp3) is 0.400. The van der Waals surface area contributed by atoms with Gasteiger partial charge in [0.05, 0.1) is 41.7 Å². The molecule has 202 valence electrons. The van der Waals surface area contributed by atoms with Gasteiger partial charge in [-0.1, -0.05) is 18.2 Å². The molecule has 4 rings (SSSR count). The zero-order chi connectivity index (χ0) is 27.7. The number of hydrogen-bond donors (Lipinski definition) is 1. The van der Waals surface area contributed by atoms with Crippen LogP contribution in [0.2, 0.25) is 0 Å². The maximum absolute atomic E-state index is 13.4. The summed E-state index contributed by atoms with van der Waals surface area (Å²) in [6, 6.07) is 10.2. The number of carbonyl (C=O) groups is 2. The number of amides is 2. The summed E-state index contributed by atoms with van der Waals surface area (Å²) in [5.41, 5.74) is -0.289. The van der Waals surface area contributed by atoms with Crippen LogP contribution in [-0.4, -0.2) is 68.3 Å². The van der Waals surface area contributed by atoms with Crippen molar-refractivity contribution in [1.29, 1.82) is 5.26 Å². The van der Waals surface area contributed by atoms with Crippen LogP contribution in [-0.2, 0) is 25.7 Å². The first-order valence-corrected chi connectivity index (χ1v) is 13.2. The summed E-state index contributed by atoms with van der Waals surface area (Å²) >= 11 is 0. The van der Waals surface area contributed by atoms with Gasteiger partial charge in [-0.05, 0) is 42.8 Å². The molecule has 2 aromatic rings. The molecule has 0 spiro atoms. The van der Waals surface area contributed by atoms with E-state index in [0.29, 0.717) is 5.56 Å². The first-order chi connectivity index (χ1) is 17.9. The van der Waals surface area contributed by atoms with Crippen LogP contribution in [0, 0.1) is 17.2 Å². The van der Waals surface area contributed by atoms with Crippen molar-refractivity contribution >= 4 is 21.8 Å². The van der Waals surface area contributed by atoms with Crippen LogP contribution in [0.15, 0.2) is 53.4 Å². The van der Waals surface area contributed by atoms with E-state index in [9.17, 15) is 31.2 Å². The van der Waals surface area contributed by atoms with Crippen molar-refractivity contribution in [2.24, 2.45) is 5.92 Å². The Kier molecular flexibility index (Phi) is 7.78. The van der Waals surface area contributed by atoms with Gasteiger partial charge in [0.1, 0.15) is 6.04 Å². The SMILES string of the molecule is C[C@@H](NC(=O)[C@H]1COCCN1C(=O)c1cccc(S(=O)(=O)N2CC(C#N)C2)c1)c1ccc(C(F)(F)F)cc1. The summed E-state index contributed by atoms with van der Waals surface area (Å²) in [4.78, 5) is 27.6. The van der Waals surface area contributed by atoms with Gasteiger partial charge in [0.2, 0.25) is 15.9 Å². The van der Waals surface area contributed by atoms with Crippen molar-refractivity contribution in [1.82, 2.24) is 14.5 Å². The lowest BCUT2D eigenvalue weighted by Crippen LogP contribution is -2.56. The van der Waals surface area contributed by atoms with Gasteiger partial charge in [-0.15, -0.1) is 0 Å². The highest BCUT2D eigenvalue weighted by molar-refractivity contribution is 7.89. The molecule has 2 aromatic carbocycles. The lowest BCUT2D eigenvalue weighted by Gasteiger charge is -2.35. The van der Waals surface area contributed by atoms with E-state index in [0.717, 1.165) is 16.4 Å². The summed E-state index contributed by atoms with van der Waals surface area (Å²) in [5.74, 6) is -1.49. The highest BCUT2D eigenvalue weighted by Crippen LogP contribution is 2.30. The van der Waals surface area contributed by atoms with Gasteiger partial charge in [0, 0.05) is 25.2 Å². The Balaban J connectivity index is 1.47. The Hall–Kier alpha value is -3.47. The number of rotatable bonds is 6. The summed E-state index contributed by atoms with van der Waals surface area (Å²) < 4.78 is 70.9. The normalized spacial score (nSPS) is 19.8. The Labute approximate surface area is 217 Å². The van der Waals surface area contributed by atoms with E-state index < -0.39 is 45.7 Å². The third kappa shape index (κ3) is 5.67. The number of hydrogen-bond acceptors (Lipinski definition) is 6. The molecule has 0 saturated carbocycles. The summed E-state index contributed by atoms with van der Waals surface area (Å²) in [7, 11) is -3.88. The van der Waals surface area contributed by atoms with Crippen molar-refractivity contribution in [2.45, 2.75) is 30.1 Å². The van der Waals surface area contributed by atoms with Gasteiger partial charge in [0.25, 0.3) is 5.91 Å². The van der Waals surface area contributed by atoms with Crippen molar-refractivity contribution in [3.05, 3.63) is 65.2 Å². The quantitative estimate of drug-likeness (QED) is 0.591. The van der Waals surface area contributed by atoms with E-state index in [4.69, 9.17) is 10.00 Å². The van der Waals surface area contributed by atoms with E-state index >= 15 is 0 Å². The molecule has 2 aliphatic rings. The number of nitriles is 1. The molecule has 0 bridgehead atoms. The highest BCUT2D eigenvalue weighted by atomic mass is 32.2. The second-order valence-electron chi connectivity index (χ2n) is 9.12. The second kappa shape index (κ2) is 10.7. The average Bonchev–Trinajstić information content (AvgIpc) is 2.87. The number of benzene rings is 2. The molecule has 1 N–H and O–H groups in total. The van der Waals surface area contributed by atoms with Crippen molar-refractivity contribution in [2.75, 3.05) is 32.8 Å². The van der Waals surface area contributed by atoms with Gasteiger partial charge < -0.3 is 15.0 Å². The number of ether oxygens (including phenoxy) is 1. The molecule has 0 unspecified atom stereocenters. The van der Waals surface area contributed by atoms with Gasteiger partial charge >= 0.3 is 6.18 Å². The maximum Gasteiger partial charge on any atom is 0.416 e. The summed E-state index contributed by atoms with van der Waals surface area (Å²) in [6.07, 6.45) is -4.48. The monoisotopic (exact) mass is 550 g/mol. The number of sulfonamides is 1. The number of alkyl halides is 3. The van der Waals surface area contributed by atoms with Crippen molar-refractivity contribution < 1.29 is 35.9 Å². The fourth-order valence-corrected chi connectivity index (χ4v) is 5.82. The van der Waals surface area contributed by atoms with Gasteiger partial charge in [-0.3, -0.25) is 9.59 Å². The van der Waals surface area contributed by atoms with E-state index in [1.807, 2.05) is 6.07 Å². The summed E-state index contributed by atoms with van der Waals surface area (Å²) in [5, 5.41) is 11.6. The molecule has 38 heavy (non-hydrogen) atoms. The highest BCUT2D eigenvalue weighted by Gasteiger charge is 2.38. The standard InChI is InChI=1S/C25H25F3N4O5S/c1-16(18-5-7-20(8-6-18)25(26,27)28)30-23(33)22-15-37-10-9-32(22)24(34)19-3-2-4-21(11-19)38(35,36)31-13-17(12-29)14-31/h2-8,11,16-17,22H,9-10,13-15H2,1H3,(H,30,33)/t16-,22-/m1/s1. The lowest BCUT2D eigenvalue weighted by atomic mass is 10.0. The topological polar surface area (TPSA) is 120 Å². The Morgan fingerprint density at radius 3 is 2.47 bits per heavy atom. The van der Waals surface area contributed by atoms with Gasteiger partial charge in [-0.2, -0.15) is 22.7 Å². The third-order valence-electron chi connectivity index (χ3n) is 6.54. The predicted molar refractivity (Wildman–Crippen MR) is 128 cm³/mol. The lowest BCUT2D eigenvalue weighted by molar-refractivity contribution is -0.137. The Bertz CT molecular complexity index is 1350. The van der Waals surface area contributed by atoms with E-state index in [-0.39, 0.29) is 49.2 Å². The van der Waals surface area contributed by atoms with Crippen LogP contribution in [0.1, 0.15) is 34.5 Å². The second-order valence-corrected chi connectivity index (χ2v) is 11.1. The summed E-state index contributed by atoms with van der Waals surface area (Å²) in [6.45, 7) is 1.93. The van der Waals surface area contributed by atoms with E-state index in [2.05, 4.69) is 5.32 Å². The Morgan fingerprint density at radius 1 is 1.16 bits per heavy atom. The molecule has 2 atom stereocenters. The molecular weight excluding hydrogens is 525 g/mol. The van der Waals surface area contributed by atoms with Crippen LogP contribution >= 0.6 is 0 Å². The zero-order valence-corrected chi connectivity index (χ0v) is 21.1. The Morgan fingerprint density at radius 2 is 1.84 bits per heavy atom. The zero-order valence-electron chi connectivity index (χ0n) is 20.3. The van der Waals surface area contributed by atoms with Crippen LogP contribution in [0.4, 0.5) is 13.2 Å². The van der Waals surface area contributed by atoms with Crippen molar-refractivity contribution in [3.63, 3.8) is 0 Å². The van der Waals surface area contributed by atoms with Gasteiger partial charge in [0.15, 0.2) is 0 Å². The minimum atomic E-state index is -4.48. The third-order valence-corrected chi connectivity index (χ3v) is 8.37. The molecule has 9 nitrogen and oxygen atoms in total. The molecule has 2 aliphatic heterocycles. The molecule has 2 fully saturated rings. The number of halogens is 3. The van der Waals surface area contributed by atoms with Crippen LogP contribution in [0.25, 0.3) is 0 Å². The molecule has 13 heteroatoms. The fourth-order valence-electron chi connectivity index (χ4n) is 4.24. The maximum atomic E-state index is 13.4. The molecular formula is C25H25F3N4O5S. The minimum Gasteiger partial charge on any atom is -0.377 e. The van der Waals surface area contributed by atoms with Crippen LogP contribution in [0.5, 0.6) is 0 Å². The molecule has 0 aliphatic carbocycles. The van der Waals surface area contributed by atoms with Crippen molar-refractivity contribution in [3.8, 4) is 6.07 Å². The molecule has 2 saturated heterocycles. The smallest absolute Gasteiger partial charge is 0.377 e. The molecule has 0 radical (unpaired) electrons. The first kappa shape index (κ1) is 27.6. The van der Waals surface area contributed by atoms with Gasteiger partial charge in [-0.25, -0.2) is 8.42 Å². The number of carbonyl (C=O) groups excluding carboxylic acids is 2. The first-order valence-electron chi connectivity index (χ1n) is 11.8. The average molecular weight is 551 g/mol. The largest absolute Gasteiger partial charge is 0.416 e. The predicted octanol–water partition coefficient (Wildman–Crippen LogP) is 2.57. The molecule has 2 amide bonds. The van der Waals surface area contributed by atoms with Crippen LogP contribution < -0.4 is 5.32 Å². The van der Waals surface area contributed by atoms with E-state index in [1.165, 1.54) is 41.3 Å². The molecule has 2 heterocycles. The minimum absolute atomic E-state index is 0.0684. The number of nitrogens with zero attached hydrogens (tertiary/aromatic N) is 3. The number of morpholine rings is 1. The molecule has 0 aromatic heterocycles.